The number of nitrogens with two attached hydrogens (primary N) is 1. The van der Waals surface area contributed by atoms with Crippen LogP contribution in [-0.2, 0) is 6.42 Å². The smallest absolute Gasteiger partial charge is 0.0931 e. The summed E-state index contributed by atoms with van der Waals surface area (Å²) in [7, 11) is 0. The number of halogens is 1. The van der Waals surface area contributed by atoms with Crippen molar-refractivity contribution in [1.82, 2.24) is 0 Å². The summed E-state index contributed by atoms with van der Waals surface area (Å²) in [5, 5.41) is 7.00. The van der Waals surface area contributed by atoms with Gasteiger partial charge in [-0.2, -0.15) is 0 Å². The first kappa shape index (κ1) is 8.56. The molecule has 0 aliphatic rings. The average Bonchev–Trinajstić information content (AvgIpc) is 2.31. The number of thiophene rings is 1. The van der Waals surface area contributed by atoms with Gasteiger partial charge in [0, 0.05) is 11.3 Å². The van der Waals surface area contributed by atoms with Crippen molar-refractivity contribution in [2.75, 3.05) is 0 Å². The molecule has 1 rings (SSSR count). The molecule has 0 amide bonds. The molecule has 0 radical (unpaired) electrons. The van der Waals surface area contributed by atoms with E-state index in [2.05, 4.69) is 0 Å². The zero-order valence-corrected chi connectivity index (χ0v) is 7.50. The zero-order chi connectivity index (χ0) is 8.27. The van der Waals surface area contributed by atoms with Crippen LogP contribution in [-0.4, -0.2) is 5.84 Å². The molecule has 0 bridgehead atoms. The van der Waals surface area contributed by atoms with E-state index in [0.717, 1.165) is 10.8 Å². The van der Waals surface area contributed by atoms with E-state index in [0.29, 0.717) is 6.42 Å². The fraction of sp³-hybridized carbons (Fsp3) is 0.286. The Bertz CT molecular complexity index is 257. The summed E-state index contributed by atoms with van der Waals surface area (Å²) in [6, 6.07) is 3.83. The van der Waals surface area contributed by atoms with Crippen LogP contribution >= 0.6 is 22.9 Å². The number of rotatable bonds is 3. The van der Waals surface area contributed by atoms with Gasteiger partial charge < -0.3 is 5.73 Å². The number of hydrogen-bond acceptors (Lipinski definition) is 2. The Morgan fingerprint density at radius 2 is 2.36 bits per heavy atom. The van der Waals surface area contributed by atoms with Crippen LogP contribution in [0.3, 0.4) is 0 Å². The minimum atomic E-state index is 0.231. The highest BCUT2D eigenvalue weighted by molar-refractivity contribution is 7.16. The molecular weight excluding hydrogens is 180 g/mol. The van der Waals surface area contributed by atoms with Crippen LogP contribution in [0.25, 0.3) is 0 Å². The molecule has 0 saturated carbocycles. The normalized spacial score (nSPS) is 9.91. The molecule has 0 spiro atoms. The van der Waals surface area contributed by atoms with Gasteiger partial charge in [0.1, 0.15) is 0 Å². The Morgan fingerprint density at radius 1 is 1.64 bits per heavy atom. The molecule has 3 N–H and O–H groups in total. The molecular formula is C7H9ClN2S. The van der Waals surface area contributed by atoms with Crippen molar-refractivity contribution in [3.63, 3.8) is 0 Å². The maximum absolute atomic E-state index is 7.00. The van der Waals surface area contributed by atoms with E-state index in [1.165, 1.54) is 4.88 Å². The maximum Gasteiger partial charge on any atom is 0.0931 e. The molecule has 0 atom stereocenters. The van der Waals surface area contributed by atoms with Gasteiger partial charge in [-0.05, 0) is 18.6 Å². The zero-order valence-electron chi connectivity index (χ0n) is 5.93. The van der Waals surface area contributed by atoms with Gasteiger partial charge in [0.25, 0.3) is 0 Å². The van der Waals surface area contributed by atoms with Gasteiger partial charge in [0.05, 0.1) is 10.2 Å². The Morgan fingerprint density at radius 3 is 2.82 bits per heavy atom. The molecule has 0 aliphatic carbocycles. The molecule has 0 saturated heterocycles. The highest BCUT2D eigenvalue weighted by Gasteiger charge is 1.97. The molecule has 1 aromatic rings. The summed E-state index contributed by atoms with van der Waals surface area (Å²) in [6.45, 7) is 0. The molecule has 2 nitrogen and oxygen atoms in total. The minimum absolute atomic E-state index is 0.231. The highest BCUT2D eigenvalue weighted by atomic mass is 35.5. The van der Waals surface area contributed by atoms with E-state index in [1.54, 1.807) is 11.3 Å². The maximum atomic E-state index is 7.00. The molecule has 0 unspecified atom stereocenters. The predicted molar refractivity (Wildman–Crippen MR) is 49.6 cm³/mol. The van der Waals surface area contributed by atoms with Crippen molar-refractivity contribution in [3.05, 3.63) is 21.3 Å². The van der Waals surface area contributed by atoms with E-state index in [9.17, 15) is 0 Å². The molecule has 4 heteroatoms. The predicted octanol–water partition coefficient (Wildman–Crippen LogP) is 2.27. The van der Waals surface area contributed by atoms with Crippen LogP contribution in [0.1, 0.15) is 11.3 Å². The SMILES string of the molecule is N=C(N)CCc1ccc(Cl)s1. The van der Waals surface area contributed by atoms with Gasteiger partial charge in [-0.15, -0.1) is 11.3 Å². The largest absolute Gasteiger partial charge is 0.388 e. The quantitative estimate of drug-likeness (QED) is 0.555. The first-order valence-corrected chi connectivity index (χ1v) is 4.45. The van der Waals surface area contributed by atoms with E-state index in [4.69, 9.17) is 22.7 Å². The molecule has 1 aromatic heterocycles. The lowest BCUT2D eigenvalue weighted by molar-refractivity contribution is 1.04. The van der Waals surface area contributed by atoms with Crippen molar-refractivity contribution in [2.24, 2.45) is 5.73 Å². The lowest BCUT2D eigenvalue weighted by Gasteiger charge is -1.93. The van der Waals surface area contributed by atoms with Gasteiger partial charge in [-0.25, -0.2) is 0 Å². The Hall–Kier alpha value is -0.540. The van der Waals surface area contributed by atoms with Gasteiger partial charge in [0.15, 0.2) is 0 Å². The number of hydrogen-bond donors (Lipinski definition) is 2. The number of amidine groups is 1. The van der Waals surface area contributed by atoms with Crippen LogP contribution in [0, 0.1) is 5.41 Å². The van der Waals surface area contributed by atoms with Crippen molar-refractivity contribution in [3.8, 4) is 0 Å². The average molecular weight is 189 g/mol. The van der Waals surface area contributed by atoms with E-state index in [-0.39, 0.29) is 5.84 Å². The van der Waals surface area contributed by atoms with Gasteiger partial charge in [0.2, 0.25) is 0 Å². The second kappa shape index (κ2) is 3.74. The van der Waals surface area contributed by atoms with Crippen LogP contribution in [0.15, 0.2) is 12.1 Å². The summed E-state index contributed by atoms with van der Waals surface area (Å²) in [6.07, 6.45) is 1.45. The Labute approximate surface area is 74.5 Å². The summed E-state index contributed by atoms with van der Waals surface area (Å²) < 4.78 is 0.795. The minimum Gasteiger partial charge on any atom is -0.388 e. The fourth-order valence-electron chi connectivity index (χ4n) is 0.744. The van der Waals surface area contributed by atoms with Crippen molar-refractivity contribution < 1.29 is 0 Å². The molecule has 0 aromatic carbocycles. The third-order valence-corrected chi connectivity index (χ3v) is 2.56. The summed E-state index contributed by atoms with van der Waals surface area (Å²) >= 11 is 7.25. The Balaban J connectivity index is 2.45. The standard InChI is InChI=1S/C7H9ClN2S/c8-6-3-1-5(11-6)2-4-7(9)10/h1,3H,2,4H2,(H3,9,10). The molecule has 0 aliphatic heterocycles. The first-order chi connectivity index (χ1) is 5.18. The topological polar surface area (TPSA) is 49.9 Å². The summed E-state index contributed by atoms with van der Waals surface area (Å²) in [5.74, 6) is 0.231. The van der Waals surface area contributed by atoms with Crippen molar-refractivity contribution >= 4 is 28.8 Å². The third-order valence-electron chi connectivity index (χ3n) is 1.27. The van der Waals surface area contributed by atoms with Gasteiger partial charge in [-0.3, -0.25) is 5.41 Å². The molecule has 60 valence electrons. The van der Waals surface area contributed by atoms with Gasteiger partial charge >= 0.3 is 0 Å². The first-order valence-electron chi connectivity index (χ1n) is 3.25. The van der Waals surface area contributed by atoms with Crippen LogP contribution in [0.2, 0.25) is 4.34 Å². The van der Waals surface area contributed by atoms with E-state index in [1.807, 2.05) is 12.1 Å². The lowest BCUT2D eigenvalue weighted by Crippen LogP contribution is -2.09. The van der Waals surface area contributed by atoms with Crippen molar-refractivity contribution in [1.29, 1.82) is 5.41 Å². The fourth-order valence-corrected chi connectivity index (χ4v) is 1.83. The van der Waals surface area contributed by atoms with E-state index < -0.39 is 0 Å². The summed E-state index contributed by atoms with van der Waals surface area (Å²) in [5.41, 5.74) is 5.20. The number of nitrogens with one attached hydrogen (secondary N) is 1. The highest BCUT2D eigenvalue weighted by Crippen LogP contribution is 2.22. The molecule has 1 heterocycles. The van der Waals surface area contributed by atoms with Crippen molar-refractivity contribution in [2.45, 2.75) is 12.8 Å². The summed E-state index contributed by atoms with van der Waals surface area (Å²) in [4.78, 5) is 1.19. The second-order valence-electron chi connectivity index (χ2n) is 2.23. The molecule has 11 heavy (non-hydrogen) atoms. The Kier molecular flexibility index (Phi) is 2.91. The third kappa shape index (κ3) is 2.91. The second-order valence-corrected chi connectivity index (χ2v) is 4.03. The monoisotopic (exact) mass is 188 g/mol. The van der Waals surface area contributed by atoms with E-state index >= 15 is 0 Å². The van der Waals surface area contributed by atoms with Crippen LogP contribution in [0.4, 0.5) is 0 Å². The lowest BCUT2D eigenvalue weighted by atomic mass is 10.2. The van der Waals surface area contributed by atoms with Crippen LogP contribution in [0.5, 0.6) is 0 Å². The molecule has 0 fully saturated rings. The van der Waals surface area contributed by atoms with Gasteiger partial charge in [-0.1, -0.05) is 11.6 Å². The van der Waals surface area contributed by atoms with Crippen LogP contribution < -0.4 is 5.73 Å². The number of aryl methyl sites for hydroxylation is 1.